The van der Waals surface area contributed by atoms with Crippen molar-refractivity contribution in [3.63, 3.8) is 0 Å². The largest absolute Gasteiger partial charge is 0.444 e. The SMILES string of the molecule is CC(C)(C)OC(=O)N1CCC(Cn2cnc([C@](O)(c3ccccc3)C3CCCCC3)n2)CC1. The number of carbonyl (C=O) groups excluding carboxylic acids is 1. The molecule has 2 aromatic rings. The van der Waals surface area contributed by atoms with Crippen molar-refractivity contribution in [1.29, 1.82) is 0 Å². The van der Waals surface area contributed by atoms with Gasteiger partial charge in [-0.1, -0.05) is 49.6 Å². The smallest absolute Gasteiger partial charge is 0.410 e. The molecule has 2 fully saturated rings. The van der Waals surface area contributed by atoms with Crippen LogP contribution in [0, 0.1) is 11.8 Å². The Morgan fingerprint density at radius 3 is 2.36 bits per heavy atom. The van der Waals surface area contributed by atoms with Crippen LogP contribution in [-0.2, 0) is 16.9 Å². The Kier molecular flexibility index (Phi) is 7.07. The van der Waals surface area contributed by atoms with Crippen LogP contribution in [-0.4, -0.2) is 49.6 Å². The number of hydrogen-bond donors (Lipinski definition) is 1. The van der Waals surface area contributed by atoms with Crippen LogP contribution in [0.3, 0.4) is 0 Å². The maximum atomic E-state index is 12.3. The van der Waals surface area contributed by atoms with Gasteiger partial charge in [0.25, 0.3) is 0 Å². The minimum absolute atomic E-state index is 0.126. The van der Waals surface area contributed by atoms with E-state index in [0.29, 0.717) is 24.8 Å². The molecule has 0 unspecified atom stereocenters. The summed E-state index contributed by atoms with van der Waals surface area (Å²) in [7, 11) is 0. The number of likely N-dealkylation sites (tertiary alicyclic amines) is 1. The highest BCUT2D eigenvalue weighted by Gasteiger charge is 2.44. The molecule has 1 N–H and O–H groups in total. The molecule has 1 aliphatic carbocycles. The van der Waals surface area contributed by atoms with Crippen LogP contribution < -0.4 is 0 Å². The van der Waals surface area contributed by atoms with Crippen LogP contribution in [0.1, 0.15) is 77.1 Å². The van der Waals surface area contributed by atoms with E-state index in [1.54, 1.807) is 11.2 Å². The number of hydrogen-bond acceptors (Lipinski definition) is 5. The summed E-state index contributed by atoms with van der Waals surface area (Å²) in [6.07, 6.45) is 8.81. The summed E-state index contributed by atoms with van der Waals surface area (Å²) < 4.78 is 7.38. The summed E-state index contributed by atoms with van der Waals surface area (Å²) in [5.41, 5.74) is -0.758. The van der Waals surface area contributed by atoms with Crippen molar-refractivity contribution in [2.75, 3.05) is 13.1 Å². The number of benzene rings is 1. The predicted octanol–water partition coefficient (Wildman–Crippen LogP) is 4.74. The lowest BCUT2D eigenvalue weighted by atomic mass is 9.73. The van der Waals surface area contributed by atoms with Crippen LogP contribution in [0.25, 0.3) is 0 Å². The molecule has 1 aliphatic heterocycles. The average molecular weight is 455 g/mol. The van der Waals surface area contributed by atoms with Gasteiger partial charge in [0.15, 0.2) is 11.4 Å². The Morgan fingerprint density at radius 2 is 1.73 bits per heavy atom. The molecule has 33 heavy (non-hydrogen) atoms. The summed E-state index contributed by atoms with van der Waals surface area (Å²) in [4.78, 5) is 18.7. The van der Waals surface area contributed by atoms with Crippen molar-refractivity contribution in [2.24, 2.45) is 11.8 Å². The van der Waals surface area contributed by atoms with Gasteiger partial charge >= 0.3 is 6.09 Å². The van der Waals surface area contributed by atoms with Crippen LogP contribution in [0.4, 0.5) is 4.79 Å². The quantitative estimate of drug-likeness (QED) is 0.706. The van der Waals surface area contributed by atoms with Crippen molar-refractivity contribution in [3.8, 4) is 0 Å². The average Bonchev–Trinajstić information content (AvgIpc) is 3.28. The van der Waals surface area contributed by atoms with Crippen molar-refractivity contribution < 1.29 is 14.6 Å². The Morgan fingerprint density at radius 1 is 1.06 bits per heavy atom. The molecule has 0 radical (unpaired) electrons. The van der Waals surface area contributed by atoms with Crippen LogP contribution in [0.2, 0.25) is 0 Å². The molecule has 1 saturated carbocycles. The standard InChI is InChI=1S/C26H38N4O3/c1-25(2,3)33-24(31)29-16-14-20(15-17-29)18-30-19-27-23(28-30)26(32,21-10-6-4-7-11-21)22-12-8-5-9-13-22/h4,6-7,10-11,19-20,22,32H,5,8-9,12-18H2,1-3H3/t26-/m0/s1. The summed E-state index contributed by atoms with van der Waals surface area (Å²) in [5.74, 6) is 1.05. The number of carbonyl (C=O) groups is 1. The molecule has 2 heterocycles. The first-order valence-corrected chi connectivity index (χ1v) is 12.4. The lowest BCUT2D eigenvalue weighted by Gasteiger charge is -2.37. The second kappa shape index (κ2) is 9.84. The van der Waals surface area contributed by atoms with Gasteiger partial charge in [-0.05, 0) is 63.9 Å². The van der Waals surface area contributed by atoms with Crippen molar-refractivity contribution in [3.05, 3.63) is 48.0 Å². The highest BCUT2D eigenvalue weighted by atomic mass is 16.6. The number of nitrogens with zero attached hydrogens (tertiary/aromatic N) is 4. The van der Waals surface area contributed by atoms with Crippen molar-refractivity contribution in [2.45, 2.75) is 83.5 Å². The summed E-state index contributed by atoms with van der Waals surface area (Å²) in [5, 5.41) is 16.8. The highest BCUT2D eigenvalue weighted by Crippen LogP contribution is 2.42. The number of rotatable bonds is 5. The zero-order valence-electron chi connectivity index (χ0n) is 20.2. The van der Waals surface area contributed by atoms with E-state index in [0.717, 1.165) is 50.6 Å². The van der Waals surface area contributed by atoms with E-state index in [2.05, 4.69) is 4.98 Å². The first kappa shape index (κ1) is 23.7. The molecule has 7 heteroatoms. The van der Waals surface area contributed by atoms with E-state index in [9.17, 15) is 9.90 Å². The van der Waals surface area contributed by atoms with E-state index >= 15 is 0 Å². The van der Waals surface area contributed by atoms with Gasteiger partial charge in [0, 0.05) is 19.6 Å². The molecule has 180 valence electrons. The normalized spacial score (nSPS) is 20.4. The minimum atomic E-state index is -1.16. The lowest BCUT2D eigenvalue weighted by Crippen LogP contribution is -2.42. The highest BCUT2D eigenvalue weighted by molar-refractivity contribution is 5.68. The number of ether oxygens (including phenoxy) is 1. The zero-order valence-corrected chi connectivity index (χ0v) is 20.2. The van der Waals surface area contributed by atoms with Crippen LogP contribution >= 0.6 is 0 Å². The van der Waals surface area contributed by atoms with Crippen LogP contribution in [0.15, 0.2) is 36.7 Å². The fourth-order valence-electron chi connectivity index (χ4n) is 5.21. The second-order valence-electron chi connectivity index (χ2n) is 10.7. The monoisotopic (exact) mass is 454 g/mol. The topological polar surface area (TPSA) is 80.5 Å². The summed E-state index contributed by atoms with van der Waals surface area (Å²) in [6, 6.07) is 9.89. The van der Waals surface area contributed by atoms with Gasteiger partial charge in [-0.25, -0.2) is 9.78 Å². The fourth-order valence-corrected chi connectivity index (χ4v) is 5.21. The van der Waals surface area contributed by atoms with Gasteiger partial charge < -0.3 is 14.7 Å². The molecule has 1 aromatic heterocycles. The second-order valence-corrected chi connectivity index (χ2v) is 10.7. The molecule has 1 saturated heterocycles. The number of amides is 1. The Hall–Kier alpha value is -2.41. The van der Waals surface area contributed by atoms with E-state index in [1.807, 2.05) is 55.8 Å². The van der Waals surface area contributed by atoms with E-state index in [-0.39, 0.29) is 12.0 Å². The molecular weight excluding hydrogens is 416 g/mol. The Labute approximate surface area is 197 Å². The molecule has 4 rings (SSSR count). The summed E-state index contributed by atoms with van der Waals surface area (Å²) in [6.45, 7) is 7.80. The van der Waals surface area contributed by atoms with E-state index < -0.39 is 11.2 Å². The molecule has 1 amide bonds. The fraction of sp³-hybridized carbons (Fsp3) is 0.654. The van der Waals surface area contributed by atoms with Gasteiger partial charge in [-0.2, -0.15) is 5.10 Å². The maximum absolute atomic E-state index is 12.3. The van der Waals surface area contributed by atoms with Gasteiger partial charge in [0.2, 0.25) is 0 Å². The number of aromatic nitrogens is 3. The first-order chi connectivity index (χ1) is 15.8. The minimum Gasteiger partial charge on any atom is -0.444 e. The third kappa shape index (κ3) is 5.57. The van der Waals surface area contributed by atoms with Gasteiger partial charge in [-0.15, -0.1) is 0 Å². The molecule has 0 spiro atoms. The Balaban J connectivity index is 1.43. The van der Waals surface area contributed by atoms with Gasteiger partial charge in [0.05, 0.1) is 0 Å². The van der Waals surface area contributed by atoms with Gasteiger partial charge in [-0.3, -0.25) is 4.68 Å². The third-order valence-electron chi connectivity index (χ3n) is 7.00. The number of aliphatic hydroxyl groups is 1. The predicted molar refractivity (Wildman–Crippen MR) is 127 cm³/mol. The Bertz CT molecular complexity index is 909. The molecule has 1 atom stereocenters. The van der Waals surface area contributed by atoms with E-state index in [4.69, 9.17) is 9.84 Å². The van der Waals surface area contributed by atoms with Crippen molar-refractivity contribution in [1.82, 2.24) is 19.7 Å². The number of piperidine rings is 1. The molecule has 7 nitrogen and oxygen atoms in total. The molecule has 0 bridgehead atoms. The van der Waals surface area contributed by atoms with Crippen molar-refractivity contribution >= 4 is 6.09 Å². The molecular formula is C26H38N4O3. The molecule has 2 aliphatic rings. The van der Waals surface area contributed by atoms with E-state index in [1.165, 1.54) is 6.42 Å². The third-order valence-corrected chi connectivity index (χ3v) is 7.00. The summed E-state index contributed by atoms with van der Waals surface area (Å²) >= 11 is 0. The zero-order chi connectivity index (χ0) is 23.5. The van der Waals surface area contributed by atoms with Gasteiger partial charge in [0.1, 0.15) is 11.9 Å². The maximum Gasteiger partial charge on any atom is 0.410 e. The van der Waals surface area contributed by atoms with Crippen LogP contribution in [0.5, 0.6) is 0 Å². The lowest BCUT2D eigenvalue weighted by molar-refractivity contribution is -0.00872. The first-order valence-electron chi connectivity index (χ1n) is 12.4. The molecule has 1 aromatic carbocycles.